The maximum absolute atomic E-state index is 11.6. The molecule has 0 N–H and O–H groups in total. The minimum absolute atomic E-state index is 0.0675. The highest BCUT2D eigenvalue weighted by molar-refractivity contribution is 6.17. The lowest BCUT2D eigenvalue weighted by molar-refractivity contribution is -0.153. The van der Waals surface area contributed by atoms with E-state index in [2.05, 4.69) is 0 Å². The Morgan fingerprint density at radius 3 is 2.12 bits per heavy atom. The van der Waals surface area contributed by atoms with Gasteiger partial charge < -0.3 is 4.74 Å². The molecular formula is C14H27ClO2. The molecule has 102 valence electrons. The first-order valence-corrected chi connectivity index (χ1v) is 7.31. The van der Waals surface area contributed by atoms with Crippen molar-refractivity contribution in [3.63, 3.8) is 0 Å². The van der Waals surface area contributed by atoms with Crippen LogP contribution in [-0.2, 0) is 9.53 Å². The van der Waals surface area contributed by atoms with Crippen molar-refractivity contribution in [1.29, 1.82) is 0 Å². The Morgan fingerprint density at radius 1 is 1.06 bits per heavy atom. The molecule has 0 saturated heterocycles. The quantitative estimate of drug-likeness (QED) is 0.328. The summed E-state index contributed by atoms with van der Waals surface area (Å²) >= 11 is 5.61. The minimum atomic E-state index is -0.327. The zero-order valence-corrected chi connectivity index (χ0v) is 12.3. The lowest BCUT2D eigenvalue weighted by atomic mass is 9.87. The number of hydrogen-bond acceptors (Lipinski definition) is 2. The summed E-state index contributed by atoms with van der Waals surface area (Å²) < 4.78 is 5.06. The van der Waals surface area contributed by atoms with Crippen LogP contribution in [0.5, 0.6) is 0 Å². The summed E-state index contributed by atoms with van der Waals surface area (Å²) in [4.78, 5) is 11.6. The normalized spacial score (nSPS) is 11.5. The topological polar surface area (TPSA) is 26.3 Å². The van der Waals surface area contributed by atoms with Crippen LogP contribution in [0.15, 0.2) is 0 Å². The number of esters is 1. The molecule has 0 aliphatic rings. The molecule has 0 aromatic rings. The van der Waals surface area contributed by atoms with Crippen LogP contribution in [0.1, 0.15) is 65.7 Å². The van der Waals surface area contributed by atoms with Crippen molar-refractivity contribution < 1.29 is 9.53 Å². The van der Waals surface area contributed by atoms with Crippen LogP contribution in [0.25, 0.3) is 0 Å². The average Bonchev–Trinajstić information content (AvgIpc) is 2.28. The van der Waals surface area contributed by atoms with Crippen molar-refractivity contribution in [2.45, 2.75) is 65.7 Å². The number of rotatable bonds is 10. The van der Waals surface area contributed by atoms with Gasteiger partial charge in [0.15, 0.2) is 0 Å². The van der Waals surface area contributed by atoms with Gasteiger partial charge in [0.05, 0.1) is 12.0 Å². The van der Waals surface area contributed by atoms with E-state index in [4.69, 9.17) is 16.3 Å². The van der Waals surface area contributed by atoms with Gasteiger partial charge in [-0.15, -0.1) is 11.6 Å². The Hall–Kier alpha value is -0.240. The molecule has 0 bridgehead atoms. The summed E-state index contributed by atoms with van der Waals surface area (Å²) in [5.74, 6) is 0.706. The molecule has 0 unspecified atom stereocenters. The maximum Gasteiger partial charge on any atom is 0.311 e. The van der Waals surface area contributed by atoms with Crippen LogP contribution in [0.4, 0.5) is 0 Å². The van der Waals surface area contributed by atoms with Gasteiger partial charge in [-0.2, -0.15) is 0 Å². The van der Waals surface area contributed by atoms with Crippen molar-refractivity contribution in [3.8, 4) is 0 Å². The zero-order chi connectivity index (χ0) is 13.1. The first-order valence-electron chi connectivity index (χ1n) is 6.77. The molecule has 17 heavy (non-hydrogen) atoms. The fourth-order valence-corrected chi connectivity index (χ4v) is 1.99. The highest BCUT2D eigenvalue weighted by Gasteiger charge is 2.28. The molecule has 0 aromatic heterocycles. The summed E-state index contributed by atoms with van der Waals surface area (Å²) in [6, 6.07) is 0. The first-order chi connectivity index (χ1) is 8.04. The van der Waals surface area contributed by atoms with Crippen LogP contribution in [0.2, 0.25) is 0 Å². The van der Waals surface area contributed by atoms with Crippen LogP contribution in [0.3, 0.4) is 0 Å². The lowest BCUT2D eigenvalue weighted by Crippen LogP contribution is -2.26. The van der Waals surface area contributed by atoms with Gasteiger partial charge >= 0.3 is 5.97 Å². The van der Waals surface area contributed by atoms with E-state index in [0.717, 1.165) is 25.1 Å². The van der Waals surface area contributed by atoms with Crippen molar-refractivity contribution in [1.82, 2.24) is 0 Å². The fourth-order valence-electron chi connectivity index (χ4n) is 1.80. The van der Waals surface area contributed by atoms with Gasteiger partial charge in [0.1, 0.15) is 0 Å². The molecule has 0 aliphatic heterocycles. The van der Waals surface area contributed by atoms with Gasteiger partial charge in [-0.3, -0.25) is 4.79 Å². The number of carbonyl (C=O) groups excluding carboxylic acids is 1. The molecule has 0 fully saturated rings. The third-order valence-corrected chi connectivity index (χ3v) is 3.28. The molecular weight excluding hydrogens is 236 g/mol. The second kappa shape index (κ2) is 9.76. The maximum atomic E-state index is 11.6. The third-order valence-electron chi connectivity index (χ3n) is 3.01. The monoisotopic (exact) mass is 262 g/mol. The predicted molar refractivity (Wildman–Crippen MR) is 73.5 cm³/mol. The minimum Gasteiger partial charge on any atom is -0.466 e. The van der Waals surface area contributed by atoms with Gasteiger partial charge in [-0.1, -0.05) is 32.1 Å². The van der Waals surface area contributed by atoms with Crippen LogP contribution < -0.4 is 0 Å². The summed E-state index contributed by atoms with van der Waals surface area (Å²) in [6.07, 6.45) is 8.07. The summed E-state index contributed by atoms with van der Waals surface area (Å²) in [6.45, 7) is 6.27. The summed E-state index contributed by atoms with van der Waals surface area (Å²) in [5.41, 5.74) is -0.327. The fraction of sp³-hybridized carbons (Fsp3) is 0.929. The van der Waals surface area contributed by atoms with Gasteiger partial charge in [-0.25, -0.2) is 0 Å². The third kappa shape index (κ3) is 8.48. The Balaban J connectivity index is 3.55. The number of unbranched alkanes of at least 4 members (excludes halogenated alkanes) is 5. The largest absolute Gasteiger partial charge is 0.466 e. The molecule has 0 spiro atoms. The number of ether oxygens (including phenoxy) is 1. The lowest BCUT2D eigenvalue weighted by Gasteiger charge is -2.21. The predicted octanol–water partition coefficient (Wildman–Crippen LogP) is 4.55. The van der Waals surface area contributed by atoms with Gasteiger partial charge in [0, 0.05) is 5.88 Å². The zero-order valence-electron chi connectivity index (χ0n) is 11.6. The standard InChI is InChI=1S/C14H27ClO2/c1-4-17-13(16)14(2,3)11-9-7-5-6-8-10-12-15/h4-12H2,1-3H3. The van der Waals surface area contributed by atoms with Crippen molar-refractivity contribution >= 4 is 17.6 Å². The Labute approximate surface area is 111 Å². The van der Waals surface area contributed by atoms with Gasteiger partial charge in [-0.05, 0) is 33.6 Å². The molecule has 0 rings (SSSR count). The van der Waals surface area contributed by atoms with E-state index in [1.807, 2.05) is 20.8 Å². The first kappa shape index (κ1) is 16.8. The van der Waals surface area contributed by atoms with Crippen LogP contribution in [-0.4, -0.2) is 18.5 Å². The highest BCUT2D eigenvalue weighted by atomic mass is 35.5. The summed E-state index contributed by atoms with van der Waals surface area (Å²) in [7, 11) is 0. The van der Waals surface area contributed by atoms with E-state index >= 15 is 0 Å². The molecule has 0 atom stereocenters. The van der Waals surface area contributed by atoms with E-state index in [0.29, 0.717) is 6.61 Å². The van der Waals surface area contributed by atoms with Crippen molar-refractivity contribution in [2.24, 2.45) is 5.41 Å². The van der Waals surface area contributed by atoms with E-state index in [-0.39, 0.29) is 11.4 Å². The SMILES string of the molecule is CCOC(=O)C(C)(C)CCCCCCCCCl. The second-order valence-corrected chi connectivity index (χ2v) is 5.54. The Morgan fingerprint density at radius 2 is 1.59 bits per heavy atom. The van der Waals surface area contributed by atoms with Crippen LogP contribution >= 0.6 is 11.6 Å². The molecule has 0 aliphatic carbocycles. The molecule has 0 saturated carbocycles. The highest BCUT2D eigenvalue weighted by Crippen LogP contribution is 2.25. The smallest absolute Gasteiger partial charge is 0.311 e. The van der Waals surface area contributed by atoms with Crippen molar-refractivity contribution in [2.75, 3.05) is 12.5 Å². The summed E-state index contributed by atoms with van der Waals surface area (Å²) in [5, 5.41) is 0. The Bertz CT molecular complexity index is 202. The molecule has 2 nitrogen and oxygen atoms in total. The molecule has 0 amide bonds. The van der Waals surface area contributed by atoms with Gasteiger partial charge in [0.25, 0.3) is 0 Å². The molecule has 0 radical (unpaired) electrons. The number of hydrogen-bond donors (Lipinski definition) is 0. The molecule has 0 heterocycles. The molecule has 0 aromatic carbocycles. The Kier molecular flexibility index (Phi) is 9.62. The number of carbonyl (C=O) groups is 1. The van der Waals surface area contributed by atoms with E-state index in [1.54, 1.807) is 0 Å². The second-order valence-electron chi connectivity index (χ2n) is 5.16. The van der Waals surface area contributed by atoms with Crippen molar-refractivity contribution in [3.05, 3.63) is 0 Å². The van der Waals surface area contributed by atoms with Crippen LogP contribution in [0, 0.1) is 5.41 Å². The van der Waals surface area contributed by atoms with Gasteiger partial charge in [0.2, 0.25) is 0 Å². The molecule has 3 heteroatoms. The average molecular weight is 263 g/mol. The van der Waals surface area contributed by atoms with E-state index < -0.39 is 0 Å². The van der Waals surface area contributed by atoms with E-state index in [1.165, 1.54) is 25.7 Å². The van der Waals surface area contributed by atoms with E-state index in [9.17, 15) is 4.79 Å². The number of alkyl halides is 1. The number of halogens is 1.